The number of benzene rings is 14. The Morgan fingerprint density at radius 3 is 0.806 bits per heavy atom. The number of Topliss-reactive ketones (excluding diaryl/α,β-unsaturated/α-hetero) is 2. The van der Waals surface area contributed by atoms with Crippen LogP contribution in [0.25, 0.3) is 65.2 Å². The molecule has 474 valence electrons. The van der Waals surface area contributed by atoms with Gasteiger partial charge in [0.05, 0.1) is 28.8 Å². The van der Waals surface area contributed by atoms with Gasteiger partial charge in [-0.3, -0.25) is 19.6 Å². The van der Waals surface area contributed by atoms with E-state index in [4.69, 9.17) is 19.9 Å². The van der Waals surface area contributed by atoms with Crippen molar-refractivity contribution in [1.29, 1.82) is 0 Å². The Hall–Kier alpha value is -12.0. The number of hydrogen-bond donors (Lipinski definition) is 0. The smallest absolute Gasteiger partial charge is 0.328 e. The van der Waals surface area contributed by atoms with Gasteiger partial charge < -0.3 is 29.6 Å². The number of aryl methyl sites for hydroxylation is 2. The summed E-state index contributed by atoms with van der Waals surface area (Å²) < 4.78 is 0. The SMILES string of the molecule is CC(=O)CC(C)=O.Cc1cnc2c3[c-]c(N(c4ccccc4)c4ccccc4)ccc3c3ccc(N(c4ccccc4)c4ccccc4)cc3c2n1.Cc1cnc2c3[c-]c(N(c4ccccc4)c4ccccc4)ccc3c3ccc(N(c4ccccc4)c4ccccc4)cc3c2n1.[Ir+3]. The summed E-state index contributed by atoms with van der Waals surface area (Å²) in [7, 11) is 0. The van der Waals surface area contributed by atoms with E-state index in [1.54, 1.807) is 0 Å². The molecule has 16 aromatic rings. The molecule has 11 heteroatoms. The third-order valence-corrected chi connectivity index (χ3v) is 16.8. The first kappa shape index (κ1) is 64.7. The normalized spacial score (nSPS) is 10.9. The molecule has 10 nitrogen and oxygen atoms in total. The second-order valence-electron chi connectivity index (χ2n) is 23.7. The number of rotatable bonds is 14. The average Bonchev–Trinajstić information content (AvgIpc) is 0.739. The first-order valence-electron chi connectivity index (χ1n) is 32.3. The molecule has 0 spiro atoms. The van der Waals surface area contributed by atoms with Crippen molar-refractivity contribution in [3.63, 3.8) is 0 Å². The summed E-state index contributed by atoms with van der Waals surface area (Å²) in [5, 5.41) is 8.47. The predicted molar refractivity (Wildman–Crippen MR) is 401 cm³/mol. The number of anilines is 12. The molecular formula is C87H66IrN8O2+. The molecule has 0 amide bonds. The van der Waals surface area contributed by atoms with Crippen LogP contribution in [-0.2, 0) is 29.7 Å². The van der Waals surface area contributed by atoms with E-state index in [9.17, 15) is 9.59 Å². The van der Waals surface area contributed by atoms with Gasteiger partial charge in [0.2, 0.25) is 0 Å². The fourth-order valence-electron chi connectivity index (χ4n) is 12.7. The van der Waals surface area contributed by atoms with Crippen LogP contribution in [-0.4, -0.2) is 31.5 Å². The summed E-state index contributed by atoms with van der Waals surface area (Å²) in [6.45, 7) is 6.81. The Morgan fingerprint density at radius 2 is 0.551 bits per heavy atom. The second kappa shape index (κ2) is 29.3. The Labute approximate surface area is 583 Å². The minimum atomic E-state index is -0.0625. The van der Waals surface area contributed by atoms with Crippen LogP contribution in [0.4, 0.5) is 68.2 Å². The van der Waals surface area contributed by atoms with Crippen LogP contribution < -0.4 is 19.6 Å². The van der Waals surface area contributed by atoms with Gasteiger partial charge in [0.25, 0.3) is 0 Å². The third-order valence-electron chi connectivity index (χ3n) is 16.8. The molecule has 98 heavy (non-hydrogen) atoms. The topological polar surface area (TPSA) is 98.7 Å². The monoisotopic (exact) mass is 1450 g/mol. The molecule has 0 unspecified atom stereocenters. The molecule has 0 aliphatic heterocycles. The standard InChI is InChI=1S/2C41H29N4.C5H8O2.Ir/c2*1-29-28-42-40-38-26-34(44(30-14-6-2-7-15-30)31-16-8-3-9-17-31)22-24-36(38)37-25-23-35(27-39(37)41(40)43-29)45(32-18-10-4-11-19-32)33-20-12-5-13-21-33;1-4(6)3-5(2)7;/h2*2-25,27-28H,1H3;3H2,1-2H3;/q2*-1;;+3. The molecule has 0 N–H and O–H groups in total. The zero-order valence-electron chi connectivity index (χ0n) is 54.5. The Kier molecular flexibility index (Phi) is 19.4. The minimum Gasteiger partial charge on any atom is -0.328 e. The molecule has 0 aliphatic rings. The van der Waals surface area contributed by atoms with Gasteiger partial charge in [-0.25, -0.2) is 0 Å². The van der Waals surface area contributed by atoms with Gasteiger partial charge in [-0.1, -0.05) is 179 Å². The third kappa shape index (κ3) is 13.6. The van der Waals surface area contributed by atoms with E-state index in [1.807, 2.05) is 74.8 Å². The number of aromatic nitrogens is 4. The van der Waals surface area contributed by atoms with Crippen molar-refractivity contribution in [2.45, 2.75) is 34.1 Å². The average molecular weight is 1450 g/mol. The molecular weight excluding hydrogens is 1380 g/mol. The van der Waals surface area contributed by atoms with E-state index in [0.29, 0.717) is 0 Å². The van der Waals surface area contributed by atoms with E-state index in [1.165, 1.54) is 13.8 Å². The van der Waals surface area contributed by atoms with Crippen molar-refractivity contribution in [2.75, 3.05) is 19.6 Å². The van der Waals surface area contributed by atoms with Crippen LogP contribution in [0.3, 0.4) is 0 Å². The van der Waals surface area contributed by atoms with Gasteiger partial charge in [0.15, 0.2) is 0 Å². The second-order valence-corrected chi connectivity index (χ2v) is 23.7. The molecule has 0 atom stereocenters. The number of nitrogens with zero attached hydrogens (tertiary/aromatic N) is 8. The summed E-state index contributed by atoms with van der Waals surface area (Å²) in [5.41, 5.74) is 17.8. The maximum Gasteiger partial charge on any atom is 3.00 e. The Bertz CT molecular complexity index is 4970. The van der Waals surface area contributed by atoms with Crippen molar-refractivity contribution < 1.29 is 29.7 Å². The van der Waals surface area contributed by atoms with Gasteiger partial charge >= 0.3 is 20.1 Å². The van der Waals surface area contributed by atoms with Gasteiger partial charge in [-0.05, 0) is 171 Å². The minimum absolute atomic E-state index is 0. The van der Waals surface area contributed by atoms with E-state index in [2.05, 4.69) is 287 Å². The summed E-state index contributed by atoms with van der Waals surface area (Å²) in [6.07, 6.45) is 3.79. The molecule has 16 rings (SSSR count). The van der Waals surface area contributed by atoms with Gasteiger partial charge in [-0.2, -0.15) is 0 Å². The predicted octanol–water partition coefficient (Wildman–Crippen LogP) is 22.5. The van der Waals surface area contributed by atoms with Crippen LogP contribution in [0.2, 0.25) is 0 Å². The summed E-state index contributed by atoms with van der Waals surface area (Å²) in [4.78, 5) is 49.2. The molecule has 0 fully saturated rings. The molecule has 0 bridgehead atoms. The fraction of sp³-hybridized carbons (Fsp3) is 0.0575. The molecule has 0 saturated heterocycles. The zero-order chi connectivity index (χ0) is 66.2. The van der Waals surface area contributed by atoms with Crippen molar-refractivity contribution in [2.24, 2.45) is 0 Å². The van der Waals surface area contributed by atoms with Gasteiger partial charge in [0, 0.05) is 80.3 Å². The van der Waals surface area contributed by atoms with E-state index >= 15 is 0 Å². The number of ketones is 2. The van der Waals surface area contributed by atoms with Crippen molar-refractivity contribution >= 4 is 145 Å². The molecule has 14 aromatic carbocycles. The zero-order valence-corrected chi connectivity index (χ0v) is 56.9. The first-order valence-corrected chi connectivity index (χ1v) is 32.3. The van der Waals surface area contributed by atoms with Gasteiger partial charge in [0.1, 0.15) is 11.6 Å². The maximum atomic E-state index is 10.0. The maximum absolute atomic E-state index is 10.0. The summed E-state index contributed by atoms with van der Waals surface area (Å²) >= 11 is 0. The fourth-order valence-corrected chi connectivity index (χ4v) is 12.7. The largest absolute Gasteiger partial charge is 3.00 e. The van der Waals surface area contributed by atoms with E-state index in [0.717, 1.165) is 145 Å². The van der Waals surface area contributed by atoms with Crippen molar-refractivity contribution in [1.82, 2.24) is 19.9 Å². The van der Waals surface area contributed by atoms with Crippen LogP contribution in [0.1, 0.15) is 31.7 Å². The molecule has 0 aliphatic carbocycles. The Morgan fingerprint density at radius 1 is 0.296 bits per heavy atom. The van der Waals surface area contributed by atoms with Crippen molar-refractivity contribution in [3.8, 4) is 0 Å². The summed E-state index contributed by atoms with van der Waals surface area (Å²) in [6, 6.07) is 113. The quantitative estimate of drug-likeness (QED) is 0.0595. The first-order chi connectivity index (χ1) is 47.6. The number of hydrogen-bond acceptors (Lipinski definition) is 10. The molecule has 0 radical (unpaired) electrons. The number of carbonyl (C=O) groups excluding carboxylic acids is 2. The van der Waals surface area contributed by atoms with Crippen LogP contribution in [0, 0.1) is 26.0 Å². The number of carbonyl (C=O) groups is 2. The van der Waals surface area contributed by atoms with Gasteiger partial charge in [-0.15, -0.1) is 47.2 Å². The van der Waals surface area contributed by atoms with Crippen LogP contribution >= 0.6 is 0 Å². The van der Waals surface area contributed by atoms with Crippen LogP contribution in [0.15, 0.2) is 316 Å². The number of fused-ring (bicyclic) bond motifs is 12. The van der Waals surface area contributed by atoms with Crippen LogP contribution in [0.5, 0.6) is 0 Å². The van der Waals surface area contributed by atoms with E-state index < -0.39 is 0 Å². The molecule has 2 aromatic heterocycles. The number of para-hydroxylation sites is 8. The van der Waals surface area contributed by atoms with E-state index in [-0.39, 0.29) is 38.1 Å². The Balaban J connectivity index is 0.000000159. The van der Waals surface area contributed by atoms with Crippen molar-refractivity contribution in [3.05, 3.63) is 339 Å². The molecule has 0 saturated carbocycles. The summed E-state index contributed by atoms with van der Waals surface area (Å²) in [5.74, 6) is -0.125. The molecule has 2 heterocycles.